The second-order valence-corrected chi connectivity index (χ2v) is 7.55. The van der Waals surface area contributed by atoms with Gasteiger partial charge in [-0.3, -0.25) is 0 Å². The lowest BCUT2D eigenvalue weighted by Gasteiger charge is -2.26. The van der Waals surface area contributed by atoms with Crippen LogP contribution in [0, 0.1) is 0 Å². The lowest BCUT2D eigenvalue weighted by molar-refractivity contribution is 0.0725. The molecule has 3 rings (SSSR count). The van der Waals surface area contributed by atoms with Gasteiger partial charge < -0.3 is 9.72 Å². The Labute approximate surface area is 140 Å². The van der Waals surface area contributed by atoms with Crippen molar-refractivity contribution in [1.29, 1.82) is 0 Å². The van der Waals surface area contributed by atoms with E-state index in [4.69, 9.17) is 16.3 Å². The van der Waals surface area contributed by atoms with Crippen LogP contribution in [0.2, 0.25) is 5.02 Å². The summed E-state index contributed by atoms with van der Waals surface area (Å²) in [4.78, 5) is 7.66. The summed E-state index contributed by atoms with van der Waals surface area (Å²) in [6.07, 6.45) is 1.33. The fourth-order valence-electron chi connectivity index (χ4n) is 2.49. The zero-order valence-electron chi connectivity index (χ0n) is 12.6. The number of hydrogen-bond donors (Lipinski definition) is 2. The van der Waals surface area contributed by atoms with Gasteiger partial charge in [0.2, 0.25) is 0 Å². The molecule has 0 spiro atoms. The van der Waals surface area contributed by atoms with Gasteiger partial charge in [-0.15, -0.1) is 0 Å². The first kappa shape index (κ1) is 16.7. The van der Waals surface area contributed by atoms with Crippen molar-refractivity contribution in [1.82, 2.24) is 19.0 Å². The number of hydrogen-bond acceptors (Lipinski definition) is 4. The molecule has 1 aromatic heterocycles. The van der Waals surface area contributed by atoms with Crippen LogP contribution in [0.4, 0.5) is 0 Å². The highest BCUT2D eigenvalue weighted by Crippen LogP contribution is 2.17. The molecule has 1 aliphatic heterocycles. The molecule has 2 aromatic rings. The van der Waals surface area contributed by atoms with Gasteiger partial charge in [0, 0.05) is 31.1 Å². The number of aryl methyl sites for hydroxylation is 1. The largest absolute Gasteiger partial charge is 0.379 e. The van der Waals surface area contributed by atoms with E-state index < -0.39 is 10.2 Å². The van der Waals surface area contributed by atoms with Crippen LogP contribution in [-0.4, -0.2) is 55.5 Å². The van der Waals surface area contributed by atoms with Crippen LogP contribution < -0.4 is 4.72 Å². The van der Waals surface area contributed by atoms with E-state index in [9.17, 15) is 8.42 Å². The molecular weight excluding hydrogens is 340 g/mol. The Morgan fingerprint density at radius 3 is 2.91 bits per heavy atom. The van der Waals surface area contributed by atoms with E-state index in [1.165, 1.54) is 4.31 Å². The third kappa shape index (κ3) is 4.21. The van der Waals surface area contributed by atoms with Gasteiger partial charge in [-0.05, 0) is 24.6 Å². The molecule has 1 fully saturated rings. The topological polar surface area (TPSA) is 87.3 Å². The molecule has 1 aromatic carbocycles. The maximum absolute atomic E-state index is 12.1. The van der Waals surface area contributed by atoms with Gasteiger partial charge in [-0.2, -0.15) is 12.7 Å². The summed E-state index contributed by atoms with van der Waals surface area (Å²) < 4.78 is 33.4. The molecular formula is C14H19ClN4O3S. The first-order valence-corrected chi connectivity index (χ1v) is 9.33. The first-order valence-electron chi connectivity index (χ1n) is 7.51. The van der Waals surface area contributed by atoms with Crippen molar-refractivity contribution in [3.05, 3.63) is 29.0 Å². The number of fused-ring (bicyclic) bond motifs is 1. The summed E-state index contributed by atoms with van der Waals surface area (Å²) >= 11 is 5.94. The normalized spacial score (nSPS) is 16.9. The predicted molar refractivity (Wildman–Crippen MR) is 88.7 cm³/mol. The number of benzene rings is 1. The third-order valence-electron chi connectivity index (χ3n) is 3.68. The molecule has 0 unspecified atom stereocenters. The third-order valence-corrected chi connectivity index (χ3v) is 5.53. The van der Waals surface area contributed by atoms with E-state index in [0.29, 0.717) is 50.7 Å². The first-order chi connectivity index (χ1) is 11.0. The number of rotatable bonds is 6. The second-order valence-electron chi connectivity index (χ2n) is 5.36. The zero-order valence-corrected chi connectivity index (χ0v) is 14.2. The monoisotopic (exact) mass is 358 g/mol. The Hall–Kier alpha value is -1.19. The minimum atomic E-state index is -3.41. The van der Waals surface area contributed by atoms with E-state index in [-0.39, 0.29) is 0 Å². The molecule has 2 heterocycles. The van der Waals surface area contributed by atoms with Gasteiger partial charge in [0.05, 0.1) is 24.2 Å². The average Bonchev–Trinajstić information content (AvgIpc) is 2.94. The van der Waals surface area contributed by atoms with Crippen molar-refractivity contribution in [2.75, 3.05) is 32.8 Å². The van der Waals surface area contributed by atoms with Crippen molar-refractivity contribution in [2.45, 2.75) is 12.8 Å². The van der Waals surface area contributed by atoms with Gasteiger partial charge in [-0.25, -0.2) is 9.71 Å². The number of nitrogens with one attached hydrogen (secondary N) is 2. The molecule has 0 aliphatic carbocycles. The van der Waals surface area contributed by atoms with Crippen LogP contribution in [0.15, 0.2) is 18.2 Å². The average molecular weight is 359 g/mol. The fraction of sp³-hybridized carbons (Fsp3) is 0.500. The number of halogens is 1. The lowest BCUT2D eigenvalue weighted by atomic mass is 10.3. The minimum Gasteiger partial charge on any atom is -0.379 e. The van der Waals surface area contributed by atoms with Crippen LogP contribution in [0.5, 0.6) is 0 Å². The van der Waals surface area contributed by atoms with Crippen molar-refractivity contribution < 1.29 is 13.2 Å². The number of ether oxygens (including phenoxy) is 1. The van der Waals surface area contributed by atoms with Gasteiger partial charge in [0.25, 0.3) is 10.2 Å². The lowest BCUT2D eigenvalue weighted by Crippen LogP contribution is -2.46. The Morgan fingerprint density at radius 2 is 2.13 bits per heavy atom. The van der Waals surface area contributed by atoms with Crippen LogP contribution in [0.1, 0.15) is 12.2 Å². The standard InChI is InChI=1S/C14H19ClN4O3S/c15-11-3-4-12-13(10-11)18-14(17-12)2-1-5-16-23(20,21)19-6-8-22-9-7-19/h3-4,10,16H,1-2,5-9H2,(H,17,18). The van der Waals surface area contributed by atoms with Gasteiger partial charge in [0.1, 0.15) is 5.82 Å². The van der Waals surface area contributed by atoms with Crippen LogP contribution in [0.3, 0.4) is 0 Å². The number of aromatic amines is 1. The molecule has 23 heavy (non-hydrogen) atoms. The molecule has 0 radical (unpaired) electrons. The zero-order chi connectivity index (χ0) is 16.3. The second kappa shape index (κ2) is 7.14. The summed E-state index contributed by atoms with van der Waals surface area (Å²) in [6, 6.07) is 5.48. The van der Waals surface area contributed by atoms with Gasteiger partial charge >= 0.3 is 0 Å². The molecule has 126 valence electrons. The van der Waals surface area contributed by atoms with Crippen molar-refractivity contribution >= 4 is 32.8 Å². The van der Waals surface area contributed by atoms with Crippen molar-refractivity contribution in [2.24, 2.45) is 0 Å². The number of morpholine rings is 1. The molecule has 1 saturated heterocycles. The summed E-state index contributed by atoms with van der Waals surface area (Å²) in [7, 11) is -3.41. The van der Waals surface area contributed by atoms with E-state index in [0.717, 1.165) is 16.9 Å². The van der Waals surface area contributed by atoms with E-state index in [1.54, 1.807) is 6.07 Å². The number of aromatic nitrogens is 2. The van der Waals surface area contributed by atoms with Crippen LogP contribution >= 0.6 is 11.6 Å². The quantitative estimate of drug-likeness (QED) is 0.762. The van der Waals surface area contributed by atoms with Crippen LogP contribution in [0.25, 0.3) is 11.0 Å². The molecule has 2 N–H and O–H groups in total. The van der Waals surface area contributed by atoms with E-state index in [2.05, 4.69) is 14.7 Å². The summed E-state index contributed by atoms with van der Waals surface area (Å²) in [5.74, 6) is 0.827. The maximum atomic E-state index is 12.1. The summed E-state index contributed by atoms with van der Waals surface area (Å²) in [5.41, 5.74) is 1.75. The predicted octanol–water partition coefficient (Wildman–Crippen LogP) is 1.32. The molecule has 0 atom stereocenters. The fourth-order valence-corrected chi connectivity index (χ4v) is 3.88. The number of nitrogens with zero attached hydrogens (tertiary/aromatic N) is 2. The Balaban J connectivity index is 1.50. The van der Waals surface area contributed by atoms with Crippen molar-refractivity contribution in [3.63, 3.8) is 0 Å². The smallest absolute Gasteiger partial charge is 0.279 e. The SMILES string of the molecule is O=S(=O)(NCCCc1nc2ccc(Cl)cc2[nH]1)N1CCOCC1. The molecule has 0 amide bonds. The molecule has 7 nitrogen and oxygen atoms in total. The Morgan fingerprint density at radius 1 is 1.35 bits per heavy atom. The number of imidazole rings is 1. The number of H-pyrrole nitrogens is 1. The maximum Gasteiger partial charge on any atom is 0.279 e. The van der Waals surface area contributed by atoms with E-state index >= 15 is 0 Å². The van der Waals surface area contributed by atoms with Crippen LogP contribution in [-0.2, 0) is 21.4 Å². The summed E-state index contributed by atoms with van der Waals surface area (Å²) in [6.45, 7) is 2.07. The summed E-state index contributed by atoms with van der Waals surface area (Å²) in [5, 5.41) is 0.658. The highest BCUT2D eigenvalue weighted by atomic mass is 35.5. The highest BCUT2D eigenvalue weighted by Gasteiger charge is 2.23. The molecule has 9 heteroatoms. The highest BCUT2D eigenvalue weighted by molar-refractivity contribution is 7.87. The van der Waals surface area contributed by atoms with Gasteiger partial charge in [0.15, 0.2) is 0 Å². The van der Waals surface area contributed by atoms with Gasteiger partial charge in [-0.1, -0.05) is 11.6 Å². The Bertz CT molecular complexity index is 771. The van der Waals surface area contributed by atoms with E-state index in [1.807, 2.05) is 12.1 Å². The minimum absolute atomic E-state index is 0.373. The van der Waals surface area contributed by atoms with Crippen molar-refractivity contribution in [3.8, 4) is 0 Å². The molecule has 0 bridgehead atoms. The Kier molecular flexibility index (Phi) is 5.17. The molecule has 0 saturated carbocycles. The molecule has 1 aliphatic rings.